The van der Waals surface area contributed by atoms with Gasteiger partial charge in [-0.05, 0) is 31.5 Å². The molecule has 1 saturated heterocycles. The minimum atomic E-state index is 0.0504. The molecule has 118 valence electrons. The van der Waals surface area contributed by atoms with E-state index in [2.05, 4.69) is 21.5 Å². The Labute approximate surface area is 133 Å². The van der Waals surface area contributed by atoms with Crippen LogP contribution in [0.3, 0.4) is 0 Å². The number of aryl methyl sites for hydroxylation is 1. The molecule has 6 nitrogen and oxygen atoms in total. The van der Waals surface area contributed by atoms with E-state index in [9.17, 15) is 4.79 Å². The van der Waals surface area contributed by atoms with E-state index in [1.807, 2.05) is 13.1 Å². The van der Waals surface area contributed by atoms with Crippen LogP contribution in [-0.2, 0) is 6.42 Å². The average Bonchev–Trinajstić information content (AvgIpc) is 3.24. The number of thiophene rings is 1. The maximum Gasteiger partial charge on any atom is 0.263 e. The lowest BCUT2D eigenvalue weighted by atomic mass is 10.2. The van der Waals surface area contributed by atoms with E-state index >= 15 is 0 Å². The molecule has 7 heteroatoms. The molecule has 0 spiro atoms. The van der Waals surface area contributed by atoms with E-state index in [1.165, 1.54) is 11.3 Å². The molecule has 3 rings (SSSR count). The molecule has 0 saturated carbocycles. The second kappa shape index (κ2) is 6.58. The first kappa shape index (κ1) is 15.2. The second-order valence-corrected chi connectivity index (χ2v) is 6.67. The quantitative estimate of drug-likeness (QED) is 0.914. The van der Waals surface area contributed by atoms with Crippen LogP contribution >= 0.6 is 11.3 Å². The zero-order valence-electron chi connectivity index (χ0n) is 12.8. The highest BCUT2D eigenvalue weighted by Gasteiger charge is 2.21. The SMILES string of the molecule is Cc1nc(CCN(C)C(=O)c2ccc(C3CCCN3)s2)no1. The molecule has 0 aromatic carbocycles. The topological polar surface area (TPSA) is 71.3 Å². The summed E-state index contributed by atoms with van der Waals surface area (Å²) in [6.07, 6.45) is 2.96. The molecule has 1 aliphatic rings. The number of nitrogens with one attached hydrogen (secondary N) is 1. The fourth-order valence-electron chi connectivity index (χ4n) is 2.58. The number of likely N-dealkylation sites (N-methyl/N-ethyl adjacent to an activating group) is 1. The van der Waals surface area contributed by atoms with Crippen molar-refractivity contribution in [3.05, 3.63) is 33.6 Å². The third-order valence-corrected chi connectivity index (χ3v) is 5.02. The molecule has 1 unspecified atom stereocenters. The van der Waals surface area contributed by atoms with Crippen molar-refractivity contribution in [1.82, 2.24) is 20.4 Å². The molecular weight excluding hydrogens is 300 g/mol. The number of carbonyl (C=O) groups excluding carboxylic acids is 1. The van der Waals surface area contributed by atoms with Gasteiger partial charge in [-0.25, -0.2) is 0 Å². The first-order valence-corrected chi connectivity index (χ1v) is 8.33. The first-order chi connectivity index (χ1) is 10.6. The van der Waals surface area contributed by atoms with Crippen molar-refractivity contribution < 1.29 is 9.32 Å². The van der Waals surface area contributed by atoms with Gasteiger partial charge in [-0.15, -0.1) is 11.3 Å². The van der Waals surface area contributed by atoms with Gasteiger partial charge in [-0.1, -0.05) is 5.16 Å². The summed E-state index contributed by atoms with van der Waals surface area (Å²) < 4.78 is 4.93. The van der Waals surface area contributed by atoms with Gasteiger partial charge in [0.15, 0.2) is 5.82 Å². The van der Waals surface area contributed by atoms with Crippen molar-refractivity contribution in [1.29, 1.82) is 0 Å². The molecule has 1 aliphatic heterocycles. The highest BCUT2D eigenvalue weighted by Crippen LogP contribution is 2.29. The second-order valence-electron chi connectivity index (χ2n) is 5.56. The molecule has 1 fully saturated rings. The normalized spacial score (nSPS) is 17.8. The van der Waals surface area contributed by atoms with Gasteiger partial charge < -0.3 is 14.7 Å². The van der Waals surface area contributed by atoms with Gasteiger partial charge in [0.2, 0.25) is 5.89 Å². The third-order valence-electron chi connectivity index (χ3n) is 3.83. The Morgan fingerprint density at radius 1 is 1.55 bits per heavy atom. The van der Waals surface area contributed by atoms with Gasteiger partial charge in [-0.3, -0.25) is 4.79 Å². The van der Waals surface area contributed by atoms with Crippen molar-refractivity contribution in [3.8, 4) is 0 Å². The zero-order valence-corrected chi connectivity index (χ0v) is 13.7. The number of aromatic nitrogens is 2. The molecule has 1 atom stereocenters. The molecule has 0 aliphatic carbocycles. The van der Waals surface area contributed by atoms with Crippen molar-refractivity contribution >= 4 is 17.2 Å². The van der Waals surface area contributed by atoms with Gasteiger partial charge in [0.1, 0.15) is 0 Å². The maximum atomic E-state index is 12.5. The summed E-state index contributed by atoms with van der Waals surface area (Å²) in [5.41, 5.74) is 0. The van der Waals surface area contributed by atoms with E-state index in [0.29, 0.717) is 30.7 Å². The maximum absolute atomic E-state index is 12.5. The fourth-order valence-corrected chi connectivity index (χ4v) is 3.70. The molecule has 0 radical (unpaired) electrons. The number of carbonyl (C=O) groups is 1. The Bertz CT molecular complexity index is 646. The highest BCUT2D eigenvalue weighted by molar-refractivity contribution is 7.14. The van der Waals surface area contributed by atoms with Crippen LogP contribution in [-0.4, -0.2) is 41.1 Å². The molecule has 1 amide bonds. The molecule has 2 aromatic heterocycles. The van der Waals surface area contributed by atoms with Gasteiger partial charge in [0, 0.05) is 37.9 Å². The van der Waals surface area contributed by atoms with E-state index in [-0.39, 0.29) is 5.91 Å². The summed E-state index contributed by atoms with van der Waals surface area (Å²) in [5.74, 6) is 1.24. The van der Waals surface area contributed by atoms with Crippen molar-refractivity contribution in [2.75, 3.05) is 20.1 Å². The predicted molar refractivity (Wildman–Crippen MR) is 84.0 cm³/mol. The molecule has 22 heavy (non-hydrogen) atoms. The van der Waals surface area contributed by atoms with Crippen LogP contribution in [0.2, 0.25) is 0 Å². The summed E-state index contributed by atoms with van der Waals surface area (Å²) in [4.78, 5) is 20.4. The highest BCUT2D eigenvalue weighted by atomic mass is 32.1. The van der Waals surface area contributed by atoms with Crippen LogP contribution in [0.5, 0.6) is 0 Å². The van der Waals surface area contributed by atoms with Crippen LogP contribution in [0.1, 0.15) is 45.1 Å². The fraction of sp³-hybridized carbons (Fsp3) is 0.533. The molecule has 3 heterocycles. The van der Waals surface area contributed by atoms with Crippen LogP contribution in [0, 0.1) is 6.92 Å². The lowest BCUT2D eigenvalue weighted by Crippen LogP contribution is -2.28. The standard InChI is InChI=1S/C15H20N4O2S/c1-10-17-14(18-21-10)7-9-19(2)15(20)13-6-5-12(22-13)11-4-3-8-16-11/h5-6,11,16H,3-4,7-9H2,1-2H3. The number of nitrogens with zero attached hydrogens (tertiary/aromatic N) is 3. The summed E-state index contributed by atoms with van der Waals surface area (Å²) >= 11 is 1.59. The lowest BCUT2D eigenvalue weighted by Gasteiger charge is -2.15. The summed E-state index contributed by atoms with van der Waals surface area (Å²) in [5, 5.41) is 7.31. The lowest BCUT2D eigenvalue weighted by molar-refractivity contribution is 0.0800. The monoisotopic (exact) mass is 320 g/mol. The van der Waals surface area contributed by atoms with Crippen LogP contribution < -0.4 is 5.32 Å². The molecule has 1 N–H and O–H groups in total. The minimum absolute atomic E-state index is 0.0504. The van der Waals surface area contributed by atoms with Crippen LogP contribution in [0.4, 0.5) is 0 Å². The third kappa shape index (κ3) is 3.36. The smallest absolute Gasteiger partial charge is 0.263 e. The summed E-state index contributed by atoms with van der Waals surface area (Å²) in [6.45, 7) is 3.40. The van der Waals surface area contributed by atoms with E-state index in [4.69, 9.17) is 4.52 Å². The Hall–Kier alpha value is -1.73. The Kier molecular flexibility index (Phi) is 4.54. The number of amides is 1. The summed E-state index contributed by atoms with van der Waals surface area (Å²) in [7, 11) is 1.81. The van der Waals surface area contributed by atoms with Crippen molar-refractivity contribution in [3.63, 3.8) is 0 Å². The minimum Gasteiger partial charge on any atom is -0.341 e. The summed E-state index contributed by atoms with van der Waals surface area (Å²) in [6, 6.07) is 4.41. The number of rotatable bonds is 5. The average molecular weight is 320 g/mol. The van der Waals surface area contributed by atoms with E-state index in [0.717, 1.165) is 17.8 Å². The first-order valence-electron chi connectivity index (χ1n) is 7.51. The van der Waals surface area contributed by atoms with Crippen molar-refractivity contribution in [2.24, 2.45) is 0 Å². The van der Waals surface area contributed by atoms with Gasteiger partial charge in [-0.2, -0.15) is 4.98 Å². The van der Waals surface area contributed by atoms with Gasteiger partial charge in [0.25, 0.3) is 5.91 Å². The zero-order chi connectivity index (χ0) is 15.5. The molecule has 2 aromatic rings. The van der Waals surface area contributed by atoms with E-state index < -0.39 is 0 Å². The van der Waals surface area contributed by atoms with Gasteiger partial charge >= 0.3 is 0 Å². The largest absolute Gasteiger partial charge is 0.341 e. The number of hydrogen-bond donors (Lipinski definition) is 1. The van der Waals surface area contributed by atoms with Crippen LogP contribution in [0.25, 0.3) is 0 Å². The van der Waals surface area contributed by atoms with Gasteiger partial charge in [0.05, 0.1) is 4.88 Å². The Morgan fingerprint density at radius 2 is 2.41 bits per heavy atom. The van der Waals surface area contributed by atoms with E-state index in [1.54, 1.807) is 23.2 Å². The molecule has 0 bridgehead atoms. The number of hydrogen-bond acceptors (Lipinski definition) is 6. The molecular formula is C15H20N4O2S. The van der Waals surface area contributed by atoms with Crippen molar-refractivity contribution in [2.45, 2.75) is 32.2 Å². The predicted octanol–water partition coefficient (Wildman–Crippen LogP) is 2.18. The van der Waals surface area contributed by atoms with Crippen LogP contribution in [0.15, 0.2) is 16.7 Å². The Balaban J connectivity index is 1.58. The Morgan fingerprint density at radius 3 is 3.09 bits per heavy atom.